The monoisotopic (exact) mass is 311 g/mol. The lowest BCUT2D eigenvalue weighted by Crippen LogP contribution is -2.44. The molecular formula is C15H18ClNO2S. The van der Waals surface area contributed by atoms with Crippen LogP contribution in [0.1, 0.15) is 17.7 Å². The van der Waals surface area contributed by atoms with E-state index in [2.05, 4.69) is 11.4 Å². The molecule has 0 radical (unpaired) electrons. The van der Waals surface area contributed by atoms with Crippen molar-refractivity contribution >= 4 is 33.0 Å². The van der Waals surface area contributed by atoms with Crippen LogP contribution in [0, 0.1) is 0 Å². The summed E-state index contributed by atoms with van der Waals surface area (Å²) >= 11 is 8.11. The summed E-state index contributed by atoms with van der Waals surface area (Å²) in [5, 5.41) is 15.7. The largest absolute Gasteiger partial charge is 0.388 e. The molecule has 0 amide bonds. The minimum Gasteiger partial charge on any atom is -0.388 e. The highest BCUT2D eigenvalue weighted by Crippen LogP contribution is 2.35. The molecule has 20 heavy (non-hydrogen) atoms. The van der Waals surface area contributed by atoms with E-state index in [4.69, 9.17) is 16.3 Å². The predicted molar refractivity (Wildman–Crippen MR) is 83.5 cm³/mol. The second-order valence-corrected chi connectivity index (χ2v) is 6.79. The van der Waals surface area contributed by atoms with Gasteiger partial charge in [-0.15, -0.1) is 11.3 Å². The molecule has 1 aromatic carbocycles. The Morgan fingerprint density at radius 2 is 2.05 bits per heavy atom. The molecule has 2 N–H and O–H groups in total. The number of nitrogens with one attached hydrogen (secondary N) is 1. The van der Waals surface area contributed by atoms with Gasteiger partial charge in [0, 0.05) is 54.1 Å². The number of fused-ring (bicyclic) bond motifs is 1. The van der Waals surface area contributed by atoms with Gasteiger partial charge in [-0.05, 0) is 6.07 Å². The van der Waals surface area contributed by atoms with Gasteiger partial charge in [0.2, 0.25) is 0 Å². The van der Waals surface area contributed by atoms with Crippen molar-refractivity contribution in [1.29, 1.82) is 0 Å². The Labute approximate surface area is 127 Å². The van der Waals surface area contributed by atoms with E-state index in [0.717, 1.165) is 15.3 Å². The summed E-state index contributed by atoms with van der Waals surface area (Å²) in [5.74, 6) is 0. The van der Waals surface area contributed by atoms with Crippen molar-refractivity contribution in [2.45, 2.75) is 25.0 Å². The van der Waals surface area contributed by atoms with Gasteiger partial charge in [-0.25, -0.2) is 0 Å². The summed E-state index contributed by atoms with van der Waals surface area (Å²) in [6, 6.07) is 8.16. The molecule has 1 fully saturated rings. The Morgan fingerprint density at radius 3 is 2.80 bits per heavy atom. The molecule has 0 aliphatic carbocycles. The smallest absolute Gasteiger partial charge is 0.0815 e. The third-order valence-corrected chi connectivity index (χ3v) is 5.48. The molecule has 3 nitrogen and oxygen atoms in total. The molecule has 5 heteroatoms. The van der Waals surface area contributed by atoms with Crippen LogP contribution in [0.15, 0.2) is 24.3 Å². The first-order chi connectivity index (χ1) is 9.68. The van der Waals surface area contributed by atoms with Gasteiger partial charge in [-0.3, -0.25) is 0 Å². The molecule has 1 aromatic heterocycles. The number of halogens is 1. The van der Waals surface area contributed by atoms with Gasteiger partial charge >= 0.3 is 0 Å². The molecule has 0 atom stereocenters. The normalized spacial score (nSPS) is 18.5. The van der Waals surface area contributed by atoms with Gasteiger partial charge in [-0.2, -0.15) is 0 Å². The first kappa shape index (κ1) is 14.3. The summed E-state index contributed by atoms with van der Waals surface area (Å²) in [5.41, 5.74) is -0.637. The van der Waals surface area contributed by atoms with Gasteiger partial charge < -0.3 is 15.2 Å². The molecule has 2 heterocycles. The van der Waals surface area contributed by atoms with E-state index in [1.165, 1.54) is 4.70 Å². The molecule has 1 aliphatic rings. The molecular weight excluding hydrogens is 294 g/mol. The lowest BCUT2D eigenvalue weighted by molar-refractivity contribution is -0.0616. The van der Waals surface area contributed by atoms with Gasteiger partial charge in [0.05, 0.1) is 10.6 Å². The lowest BCUT2D eigenvalue weighted by Gasteiger charge is -2.32. The minimum atomic E-state index is -0.637. The molecule has 0 spiro atoms. The highest BCUT2D eigenvalue weighted by Gasteiger charge is 2.29. The van der Waals surface area contributed by atoms with E-state index in [1.807, 2.05) is 18.2 Å². The Morgan fingerprint density at radius 1 is 1.30 bits per heavy atom. The fourth-order valence-electron chi connectivity index (χ4n) is 2.52. The van der Waals surface area contributed by atoms with Crippen LogP contribution < -0.4 is 5.32 Å². The standard InChI is InChI=1S/C15H18ClNO2S/c16-14-11-3-1-2-4-12(11)20-13(14)9-17-10-15(18)5-7-19-8-6-15/h1-4,17-18H,5-10H2. The second-order valence-electron chi connectivity index (χ2n) is 5.28. The van der Waals surface area contributed by atoms with Crippen molar-refractivity contribution in [3.05, 3.63) is 34.2 Å². The summed E-state index contributed by atoms with van der Waals surface area (Å²) in [4.78, 5) is 1.13. The predicted octanol–water partition coefficient (Wildman–Crippen LogP) is 3.19. The zero-order valence-corrected chi connectivity index (χ0v) is 12.8. The maximum absolute atomic E-state index is 10.4. The highest BCUT2D eigenvalue weighted by molar-refractivity contribution is 7.19. The van der Waals surface area contributed by atoms with E-state index in [1.54, 1.807) is 11.3 Å². The molecule has 108 valence electrons. The fraction of sp³-hybridized carbons (Fsp3) is 0.467. The Bertz CT molecular complexity index is 593. The van der Waals surface area contributed by atoms with Crippen LogP contribution in [-0.2, 0) is 11.3 Å². The van der Waals surface area contributed by atoms with E-state index in [0.29, 0.717) is 39.1 Å². The summed E-state index contributed by atoms with van der Waals surface area (Å²) in [7, 11) is 0. The van der Waals surface area contributed by atoms with Crippen molar-refractivity contribution in [2.24, 2.45) is 0 Å². The quantitative estimate of drug-likeness (QED) is 0.911. The Balaban J connectivity index is 1.63. The third kappa shape index (κ3) is 3.00. The number of aliphatic hydroxyl groups is 1. The van der Waals surface area contributed by atoms with E-state index < -0.39 is 5.60 Å². The minimum absolute atomic E-state index is 0.584. The first-order valence-corrected chi connectivity index (χ1v) is 8.04. The van der Waals surface area contributed by atoms with Crippen molar-refractivity contribution in [3.63, 3.8) is 0 Å². The number of thiophene rings is 1. The molecule has 0 bridgehead atoms. The lowest BCUT2D eigenvalue weighted by atomic mass is 9.94. The van der Waals surface area contributed by atoms with Crippen LogP contribution >= 0.6 is 22.9 Å². The second kappa shape index (κ2) is 6.00. The van der Waals surface area contributed by atoms with Gasteiger partial charge in [0.1, 0.15) is 0 Å². The molecule has 2 aromatic rings. The number of hydrogen-bond acceptors (Lipinski definition) is 4. The van der Waals surface area contributed by atoms with Gasteiger partial charge in [0.15, 0.2) is 0 Å². The summed E-state index contributed by atoms with van der Waals surface area (Å²) < 4.78 is 6.49. The maximum atomic E-state index is 10.4. The summed E-state index contributed by atoms with van der Waals surface area (Å²) in [6.07, 6.45) is 1.39. The molecule has 3 rings (SSSR count). The van der Waals surface area contributed by atoms with Crippen molar-refractivity contribution in [1.82, 2.24) is 5.32 Å². The summed E-state index contributed by atoms with van der Waals surface area (Å²) in [6.45, 7) is 2.56. The number of hydrogen-bond donors (Lipinski definition) is 2. The zero-order valence-electron chi connectivity index (χ0n) is 11.2. The average molecular weight is 312 g/mol. The SMILES string of the molecule is OC1(CNCc2sc3ccccc3c2Cl)CCOCC1. The van der Waals surface area contributed by atoms with E-state index in [-0.39, 0.29) is 0 Å². The number of rotatable bonds is 4. The average Bonchev–Trinajstić information content (AvgIpc) is 2.77. The van der Waals surface area contributed by atoms with Crippen molar-refractivity contribution in [3.8, 4) is 0 Å². The number of ether oxygens (including phenoxy) is 1. The Hall–Kier alpha value is -0.650. The molecule has 0 unspecified atom stereocenters. The van der Waals surface area contributed by atoms with E-state index in [9.17, 15) is 5.11 Å². The van der Waals surface area contributed by atoms with Crippen molar-refractivity contribution in [2.75, 3.05) is 19.8 Å². The Kier molecular flexibility index (Phi) is 4.29. The van der Waals surface area contributed by atoms with Crippen LogP contribution in [0.2, 0.25) is 5.02 Å². The van der Waals surface area contributed by atoms with Gasteiger partial charge in [0.25, 0.3) is 0 Å². The van der Waals surface area contributed by atoms with Gasteiger partial charge in [-0.1, -0.05) is 29.8 Å². The van der Waals surface area contributed by atoms with Crippen LogP contribution in [-0.4, -0.2) is 30.5 Å². The van der Waals surface area contributed by atoms with Crippen molar-refractivity contribution < 1.29 is 9.84 Å². The highest BCUT2D eigenvalue weighted by atomic mass is 35.5. The number of benzene rings is 1. The molecule has 0 saturated carbocycles. The fourth-order valence-corrected chi connectivity index (χ4v) is 3.98. The topological polar surface area (TPSA) is 41.5 Å². The maximum Gasteiger partial charge on any atom is 0.0815 e. The first-order valence-electron chi connectivity index (χ1n) is 6.85. The van der Waals surface area contributed by atoms with Crippen LogP contribution in [0.5, 0.6) is 0 Å². The van der Waals surface area contributed by atoms with Crippen LogP contribution in [0.25, 0.3) is 10.1 Å². The molecule has 1 aliphatic heterocycles. The van der Waals surface area contributed by atoms with Crippen LogP contribution in [0.3, 0.4) is 0 Å². The zero-order chi connectivity index (χ0) is 14.0. The molecule has 1 saturated heterocycles. The van der Waals surface area contributed by atoms with Crippen LogP contribution in [0.4, 0.5) is 0 Å². The van der Waals surface area contributed by atoms with E-state index >= 15 is 0 Å². The third-order valence-electron chi connectivity index (χ3n) is 3.76.